The van der Waals surface area contributed by atoms with Gasteiger partial charge >= 0.3 is 0 Å². The number of anilines is 1. The lowest BCUT2D eigenvalue weighted by Gasteiger charge is -2.20. The van der Waals surface area contributed by atoms with Gasteiger partial charge in [-0.05, 0) is 30.5 Å². The molecule has 0 spiro atoms. The molecule has 1 aromatic rings. The van der Waals surface area contributed by atoms with E-state index >= 15 is 0 Å². The van der Waals surface area contributed by atoms with Gasteiger partial charge in [-0.2, -0.15) is 0 Å². The topological polar surface area (TPSA) is 29.3 Å². The summed E-state index contributed by atoms with van der Waals surface area (Å²) in [5.41, 5.74) is 7.28. The monoisotopic (exact) mass is 270 g/mol. The van der Waals surface area contributed by atoms with Gasteiger partial charge in [0.2, 0.25) is 0 Å². The Labute approximate surface area is 112 Å². The fourth-order valence-corrected chi connectivity index (χ4v) is 2.44. The van der Waals surface area contributed by atoms with Gasteiger partial charge in [0.25, 0.3) is 0 Å². The van der Waals surface area contributed by atoms with Gasteiger partial charge in [-0.15, -0.1) is 6.58 Å². The van der Waals surface area contributed by atoms with Gasteiger partial charge in [0.15, 0.2) is 0 Å². The van der Waals surface area contributed by atoms with Crippen molar-refractivity contribution in [2.24, 2.45) is 0 Å². The Morgan fingerprint density at radius 2 is 1.94 bits per heavy atom. The fraction of sp³-hybridized carbons (Fsp3) is 0.385. The molecule has 0 amide bonds. The molecule has 0 bridgehead atoms. The van der Waals surface area contributed by atoms with E-state index in [0.29, 0.717) is 21.8 Å². The number of hydrogen-bond donors (Lipinski definition) is 1. The predicted molar refractivity (Wildman–Crippen MR) is 74.5 cm³/mol. The average Bonchev–Trinajstić information content (AvgIpc) is 3.09. The number of nitrogens with two attached hydrogens (primary N) is 1. The standard InChI is InChI=1S/C13H16Cl2N2/c1-2-5-17(10-3-4-10)8-9-6-11(14)13(16)12(15)7-9/h2,6-7,10H,1,3-5,8,16H2. The van der Waals surface area contributed by atoms with Crippen molar-refractivity contribution in [3.05, 3.63) is 40.4 Å². The molecule has 2 nitrogen and oxygen atoms in total. The molecule has 0 aromatic heterocycles. The van der Waals surface area contributed by atoms with Crippen LogP contribution >= 0.6 is 23.2 Å². The second-order valence-electron chi connectivity index (χ2n) is 4.42. The third kappa shape index (κ3) is 3.15. The Balaban J connectivity index is 2.13. The minimum atomic E-state index is 0.457. The molecule has 4 heteroatoms. The van der Waals surface area contributed by atoms with Crippen molar-refractivity contribution in [3.63, 3.8) is 0 Å². The Hall–Kier alpha value is -0.700. The molecule has 0 atom stereocenters. The summed E-state index contributed by atoms with van der Waals surface area (Å²) in [4.78, 5) is 2.38. The van der Waals surface area contributed by atoms with Crippen molar-refractivity contribution in [3.8, 4) is 0 Å². The minimum absolute atomic E-state index is 0.457. The maximum atomic E-state index is 6.03. The van der Waals surface area contributed by atoms with Crippen molar-refractivity contribution < 1.29 is 0 Å². The lowest BCUT2D eigenvalue weighted by molar-refractivity contribution is 0.284. The van der Waals surface area contributed by atoms with Crippen molar-refractivity contribution in [1.82, 2.24) is 4.90 Å². The summed E-state index contributed by atoms with van der Waals surface area (Å²) in [5, 5.41) is 1.06. The summed E-state index contributed by atoms with van der Waals surface area (Å²) in [5.74, 6) is 0. The lowest BCUT2D eigenvalue weighted by Crippen LogP contribution is -2.25. The SMILES string of the molecule is C=CCN(Cc1cc(Cl)c(N)c(Cl)c1)C1CC1. The molecule has 0 radical (unpaired) electrons. The third-order valence-electron chi connectivity index (χ3n) is 2.95. The molecule has 0 unspecified atom stereocenters. The fourth-order valence-electron chi connectivity index (χ4n) is 1.91. The molecule has 0 saturated heterocycles. The Bertz CT molecular complexity index is 404. The average molecular weight is 271 g/mol. The van der Waals surface area contributed by atoms with E-state index in [4.69, 9.17) is 28.9 Å². The molecule has 1 aliphatic carbocycles. The van der Waals surface area contributed by atoms with Crippen molar-refractivity contribution >= 4 is 28.9 Å². The van der Waals surface area contributed by atoms with Gasteiger partial charge < -0.3 is 5.73 Å². The first-order valence-electron chi connectivity index (χ1n) is 5.70. The van der Waals surface area contributed by atoms with Crippen LogP contribution in [-0.4, -0.2) is 17.5 Å². The minimum Gasteiger partial charge on any atom is -0.396 e. The van der Waals surface area contributed by atoms with Crippen molar-refractivity contribution in [2.45, 2.75) is 25.4 Å². The number of benzene rings is 1. The highest BCUT2D eigenvalue weighted by Gasteiger charge is 2.28. The van der Waals surface area contributed by atoms with E-state index in [1.54, 1.807) is 0 Å². The molecule has 92 valence electrons. The van der Waals surface area contributed by atoms with E-state index in [1.807, 2.05) is 18.2 Å². The van der Waals surface area contributed by atoms with E-state index in [2.05, 4.69) is 11.5 Å². The first-order chi connectivity index (χ1) is 8.11. The largest absolute Gasteiger partial charge is 0.396 e. The summed E-state index contributed by atoms with van der Waals surface area (Å²) < 4.78 is 0. The molecule has 1 saturated carbocycles. The normalized spacial score (nSPS) is 15.2. The number of nitrogen functional groups attached to an aromatic ring is 1. The van der Waals surface area contributed by atoms with Crippen LogP contribution in [0.15, 0.2) is 24.8 Å². The van der Waals surface area contributed by atoms with Gasteiger partial charge in [-0.3, -0.25) is 4.90 Å². The van der Waals surface area contributed by atoms with E-state index in [1.165, 1.54) is 12.8 Å². The van der Waals surface area contributed by atoms with E-state index < -0.39 is 0 Å². The highest BCUT2D eigenvalue weighted by atomic mass is 35.5. The predicted octanol–water partition coefficient (Wildman–Crippen LogP) is 3.73. The summed E-state index contributed by atoms with van der Waals surface area (Å²) in [7, 11) is 0. The molecule has 1 aromatic carbocycles. The van der Waals surface area contributed by atoms with Crippen molar-refractivity contribution in [1.29, 1.82) is 0 Å². The Morgan fingerprint density at radius 3 is 2.41 bits per heavy atom. The second kappa shape index (κ2) is 5.30. The lowest BCUT2D eigenvalue weighted by atomic mass is 10.2. The molecule has 2 N–H and O–H groups in total. The van der Waals surface area contributed by atoms with Gasteiger partial charge in [0, 0.05) is 19.1 Å². The van der Waals surface area contributed by atoms with Gasteiger partial charge in [-0.1, -0.05) is 29.3 Å². The Kier molecular flexibility index (Phi) is 3.97. The number of halogens is 2. The summed E-state index contributed by atoms with van der Waals surface area (Å²) in [6, 6.07) is 4.46. The third-order valence-corrected chi connectivity index (χ3v) is 3.58. The zero-order valence-electron chi connectivity index (χ0n) is 9.63. The molecule has 1 aliphatic rings. The van der Waals surface area contributed by atoms with Crippen LogP contribution in [-0.2, 0) is 6.54 Å². The van der Waals surface area contributed by atoms with Crippen LogP contribution in [0.4, 0.5) is 5.69 Å². The summed E-state index contributed by atoms with van der Waals surface area (Å²) >= 11 is 12.1. The summed E-state index contributed by atoms with van der Waals surface area (Å²) in [6.45, 7) is 5.52. The molecular formula is C13H16Cl2N2. The van der Waals surface area contributed by atoms with Crippen LogP contribution in [0.5, 0.6) is 0 Å². The van der Waals surface area contributed by atoms with E-state index in [9.17, 15) is 0 Å². The maximum Gasteiger partial charge on any atom is 0.0693 e. The molecular weight excluding hydrogens is 255 g/mol. The van der Waals surface area contributed by atoms with Crippen LogP contribution in [0.2, 0.25) is 10.0 Å². The van der Waals surface area contributed by atoms with Crippen molar-refractivity contribution in [2.75, 3.05) is 12.3 Å². The molecule has 17 heavy (non-hydrogen) atoms. The molecule has 1 fully saturated rings. The summed E-state index contributed by atoms with van der Waals surface area (Å²) in [6.07, 6.45) is 4.47. The van der Waals surface area contributed by atoms with Gasteiger partial charge in [-0.25, -0.2) is 0 Å². The highest BCUT2D eigenvalue weighted by molar-refractivity contribution is 6.38. The van der Waals surface area contributed by atoms with Gasteiger partial charge in [0.05, 0.1) is 15.7 Å². The van der Waals surface area contributed by atoms with Crippen LogP contribution in [0, 0.1) is 0 Å². The first kappa shape index (κ1) is 12.7. The maximum absolute atomic E-state index is 6.03. The highest BCUT2D eigenvalue weighted by Crippen LogP contribution is 2.32. The number of rotatable bonds is 5. The zero-order chi connectivity index (χ0) is 12.4. The second-order valence-corrected chi connectivity index (χ2v) is 5.24. The quantitative estimate of drug-likeness (QED) is 0.653. The smallest absolute Gasteiger partial charge is 0.0693 e. The molecule has 2 rings (SSSR count). The molecule has 0 heterocycles. The van der Waals surface area contributed by atoms with Crippen LogP contribution in [0.1, 0.15) is 18.4 Å². The van der Waals surface area contributed by atoms with Crippen LogP contribution < -0.4 is 5.73 Å². The molecule has 0 aliphatic heterocycles. The Morgan fingerprint density at radius 1 is 1.35 bits per heavy atom. The van der Waals surface area contributed by atoms with E-state index in [-0.39, 0.29) is 0 Å². The van der Waals surface area contributed by atoms with Gasteiger partial charge in [0.1, 0.15) is 0 Å². The van der Waals surface area contributed by atoms with E-state index in [0.717, 1.165) is 18.7 Å². The number of nitrogens with zero attached hydrogens (tertiary/aromatic N) is 1. The zero-order valence-corrected chi connectivity index (χ0v) is 11.1. The van der Waals surface area contributed by atoms with Crippen LogP contribution in [0.25, 0.3) is 0 Å². The first-order valence-corrected chi connectivity index (χ1v) is 6.45. The number of hydrogen-bond acceptors (Lipinski definition) is 2. The van der Waals surface area contributed by atoms with Crippen LogP contribution in [0.3, 0.4) is 0 Å².